The SMILES string of the molecule is O=S(=O)(Cl)c1ccc(Oc2ccc(Br)cc2)nc1. The second-order valence-electron chi connectivity index (χ2n) is 3.33. The van der Waals surface area contributed by atoms with Crippen LogP contribution >= 0.6 is 26.6 Å². The predicted molar refractivity (Wildman–Crippen MR) is 71.5 cm³/mol. The molecule has 1 aromatic carbocycles. The molecule has 4 nitrogen and oxygen atoms in total. The molecule has 94 valence electrons. The van der Waals surface area contributed by atoms with E-state index in [2.05, 4.69) is 20.9 Å². The number of rotatable bonds is 3. The third-order valence-electron chi connectivity index (χ3n) is 2.03. The zero-order valence-corrected chi connectivity index (χ0v) is 12.0. The first-order chi connectivity index (χ1) is 8.45. The van der Waals surface area contributed by atoms with Crippen LogP contribution in [0, 0.1) is 0 Å². The van der Waals surface area contributed by atoms with Gasteiger partial charge in [0, 0.05) is 21.2 Å². The molecule has 0 unspecified atom stereocenters. The molecular weight excluding hydrogens is 342 g/mol. The largest absolute Gasteiger partial charge is 0.439 e. The highest BCUT2D eigenvalue weighted by molar-refractivity contribution is 9.10. The van der Waals surface area contributed by atoms with Gasteiger partial charge in [0.15, 0.2) is 0 Å². The van der Waals surface area contributed by atoms with Crippen molar-refractivity contribution < 1.29 is 13.2 Å². The van der Waals surface area contributed by atoms with Gasteiger partial charge in [0.05, 0.1) is 6.20 Å². The number of halogens is 2. The Balaban J connectivity index is 2.18. The van der Waals surface area contributed by atoms with Gasteiger partial charge in [0.25, 0.3) is 9.05 Å². The summed E-state index contributed by atoms with van der Waals surface area (Å²) in [5.74, 6) is 0.897. The third kappa shape index (κ3) is 3.44. The van der Waals surface area contributed by atoms with Gasteiger partial charge in [-0.3, -0.25) is 0 Å². The van der Waals surface area contributed by atoms with Crippen LogP contribution < -0.4 is 4.74 Å². The lowest BCUT2D eigenvalue weighted by Crippen LogP contribution is -1.93. The lowest BCUT2D eigenvalue weighted by Gasteiger charge is -2.04. The minimum Gasteiger partial charge on any atom is -0.439 e. The second kappa shape index (κ2) is 5.26. The molecule has 0 spiro atoms. The number of hydrogen-bond donors (Lipinski definition) is 0. The van der Waals surface area contributed by atoms with Crippen LogP contribution in [-0.4, -0.2) is 13.4 Å². The Bertz CT molecular complexity index is 641. The van der Waals surface area contributed by atoms with E-state index >= 15 is 0 Å². The molecule has 0 bridgehead atoms. The highest BCUT2D eigenvalue weighted by atomic mass is 79.9. The Hall–Kier alpha value is -1.11. The lowest BCUT2D eigenvalue weighted by atomic mass is 10.3. The van der Waals surface area contributed by atoms with Gasteiger partial charge in [-0.05, 0) is 30.3 Å². The fourth-order valence-electron chi connectivity index (χ4n) is 1.19. The Labute approximate surface area is 117 Å². The molecule has 1 aromatic heterocycles. The van der Waals surface area contributed by atoms with Gasteiger partial charge >= 0.3 is 0 Å². The molecule has 0 aliphatic rings. The van der Waals surface area contributed by atoms with E-state index in [1.165, 1.54) is 12.1 Å². The number of hydrogen-bond acceptors (Lipinski definition) is 4. The molecule has 0 radical (unpaired) electrons. The summed E-state index contributed by atoms with van der Waals surface area (Å²) >= 11 is 3.31. The normalized spacial score (nSPS) is 11.2. The van der Waals surface area contributed by atoms with E-state index in [1.54, 1.807) is 12.1 Å². The molecule has 0 saturated heterocycles. The van der Waals surface area contributed by atoms with Gasteiger partial charge in [-0.15, -0.1) is 0 Å². The van der Waals surface area contributed by atoms with E-state index in [-0.39, 0.29) is 4.90 Å². The topological polar surface area (TPSA) is 56.3 Å². The van der Waals surface area contributed by atoms with E-state index in [1.807, 2.05) is 12.1 Å². The second-order valence-corrected chi connectivity index (χ2v) is 6.81. The molecule has 0 amide bonds. The van der Waals surface area contributed by atoms with E-state index in [0.29, 0.717) is 11.6 Å². The first-order valence-electron chi connectivity index (χ1n) is 4.79. The van der Waals surface area contributed by atoms with Crippen LogP contribution in [0.15, 0.2) is 52.0 Å². The summed E-state index contributed by atoms with van der Waals surface area (Å²) in [5, 5.41) is 0. The first-order valence-corrected chi connectivity index (χ1v) is 7.89. The van der Waals surface area contributed by atoms with E-state index in [0.717, 1.165) is 10.7 Å². The maximum absolute atomic E-state index is 11.0. The van der Waals surface area contributed by atoms with Crippen molar-refractivity contribution in [1.82, 2.24) is 4.98 Å². The van der Waals surface area contributed by atoms with Crippen LogP contribution in [0.4, 0.5) is 0 Å². The predicted octanol–water partition coefficient (Wildman–Crippen LogP) is 3.56. The van der Waals surface area contributed by atoms with Crippen LogP contribution in [0.25, 0.3) is 0 Å². The molecule has 0 fully saturated rings. The van der Waals surface area contributed by atoms with Gasteiger partial charge in [-0.1, -0.05) is 15.9 Å². The quantitative estimate of drug-likeness (QED) is 0.796. The van der Waals surface area contributed by atoms with Gasteiger partial charge in [0.1, 0.15) is 10.6 Å². The average molecular weight is 349 g/mol. The summed E-state index contributed by atoms with van der Waals surface area (Å²) in [7, 11) is 1.42. The van der Waals surface area contributed by atoms with Gasteiger partial charge in [-0.2, -0.15) is 0 Å². The summed E-state index contributed by atoms with van der Waals surface area (Å²) in [6.07, 6.45) is 1.15. The molecule has 0 saturated carbocycles. The number of ether oxygens (including phenoxy) is 1. The Morgan fingerprint density at radius 1 is 1.11 bits per heavy atom. The van der Waals surface area contributed by atoms with E-state index in [4.69, 9.17) is 15.4 Å². The Kier molecular flexibility index (Phi) is 3.89. The van der Waals surface area contributed by atoms with Gasteiger partial charge < -0.3 is 4.74 Å². The van der Waals surface area contributed by atoms with Crippen LogP contribution in [0.2, 0.25) is 0 Å². The first kappa shape index (κ1) is 13.3. The highest BCUT2D eigenvalue weighted by Gasteiger charge is 2.10. The van der Waals surface area contributed by atoms with Crippen molar-refractivity contribution in [3.05, 3.63) is 47.1 Å². The van der Waals surface area contributed by atoms with E-state index < -0.39 is 9.05 Å². The maximum atomic E-state index is 11.0. The summed E-state index contributed by atoms with van der Waals surface area (Å²) in [6.45, 7) is 0. The number of nitrogens with zero attached hydrogens (tertiary/aromatic N) is 1. The molecule has 2 rings (SSSR count). The molecule has 1 heterocycles. The van der Waals surface area contributed by atoms with Crippen LogP contribution in [-0.2, 0) is 9.05 Å². The number of benzene rings is 1. The third-order valence-corrected chi connectivity index (χ3v) is 3.89. The fourth-order valence-corrected chi connectivity index (χ4v) is 2.14. The van der Waals surface area contributed by atoms with Crippen molar-refractivity contribution in [3.8, 4) is 11.6 Å². The molecule has 0 atom stereocenters. The summed E-state index contributed by atoms with van der Waals surface area (Å²) < 4.78 is 28.4. The number of aromatic nitrogens is 1. The molecule has 0 aliphatic carbocycles. The molecule has 18 heavy (non-hydrogen) atoms. The molecule has 0 N–H and O–H groups in total. The highest BCUT2D eigenvalue weighted by Crippen LogP contribution is 2.23. The summed E-state index contributed by atoms with van der Waals surface area (Å²) in [5.41, 5.74) is 0. The zero-order chi connectivity index (χ0) is 13.2. The monoisotopic (exact) mass is 347 g/mol. The van der Waals surface area contributed by atoms with Gasteiger partial charge in [-0.25, -0.2) is 13.4 Å². The fraction of sp³-hybridized carbons (Fsp3) is 0. The average Bonchev–Trinajstić information content (AvgIpc) is 2.32. The van der Waals surface area contributed by atoms with Crippen molar-refractivity contribution in [1.29, 1.82) is 0 Å². The maximum Gasteiger partial charge on any atom is 0.262 e. The summed E-state index contributed by atoms with van der Waals surface area (Å²) in [4.78, 5) is 3.80. The number of pyridine rings is 1. The van der Waals surface area contributed by atoms with Crippen molar-refractivity contribution in [3.63, 3.8) is 0 Å². The van der Waals surface area contributed by atoms with Crippen molar-refractivity contribution in [2.45, 2.75) is 4.90 Å². The minimum absolute atomic E-state index is 0.0627. The van der Waals surface area contributed by atoms with Crippen LogP contribution in [0.3, 0.4) is 0 Å². The van der Waals surface area contributed by atoms with Crippen molar-refractivity contribution >= 4 is 35.7 Å². The standard InChI is InChI=1S/C11H7BrClNO3S/c12-8-1-3-9(4-2-8)17-11-6-5-10(7-14-11)18(13,15)16/h1-7H. The lowest BCUT2D eigenvalue weighted by molar-refractivity contribution is 0.462. The minimum atomic E-state index is -3.75. The molecule has 7 heteroatoms. The van der Waals surface area contributed by atoms with Crippen LogP contribution in [0.5, 0.6) is 11.6 Å². The van der Waals surface area contributed by atoms with Crippen molar-refractivity contribution in [2.75, 3.05) is 0 Å². The zero-order valence-electron chi connectivity index (χ0n) is 8.88. The van der Waals surface area contributed by atoms with Crippen molar-refractivity contribution in [2.24, 2.45) is 0 Å². The molecule has 0 aliphatic heterocycles. The Morgan fingerprint density at radius 3 is 2.28 bits per heavy atom. The van der Waals surface area contributed by atoms with Crippen LogP contribution in [0.1, 0.15) is 0 Å². The van der Waals surface area contributed by atoms with E-state index in [9.17, 15) is 8.42 Å². The molecular formula is C11H7BrClNO3S. The molecule has 2 aromatic rings. The van der Waals surface area contributed by atoms with Gasteiger partial charge in [0.2, 0.25) is 5.88 Å². The summed E-state index contributed by atoms with van der Waals surface area (Å²) in [6, 6.07) is 9.95. The Morgan fingerprint density at radius 2 is 1.78 bits per heavy atom. The smallest absolute Gasteiger partial charge is 0.262 e.